The first-order valence-corrected chi connectivity index (χ1v) is 6.00. The van der Waals surface area contributed by atoms with E-state index >= 15 is 0 Å². The number of hydrogen-bond donors (Lipinski definition) is 1. The summed E-state index contributed by atoms with van der Waals surface area (Å²) in [5.74, 6) is 0. The number of para-hydroxylation sites is 1. The molecule has 0 saturated heterocycles. The van der Waals surface area contributed by atoms with Crippen LogP contribution in [0.3, 0.4) is 0 Å². The van der Waals surface area contributed by atoms with E-state index in [1.807, 2.05) is 30.3 Å². The minimum atomic E-state index is 1.06. The molecule has 18 heavy (non-hydrogen) atoms. The van der Waals surface area contributed by atoms with Crippen LogP contribution in [-0.2, 0) is 0 Å². The number of benzene rings is 2. The molecule has 0 heterocycles. The zero-order valence-electron chi connectivity index (χ0n) is 10.1. The van der Waals surface area contributed by atoms with Gasteiger partial charge in [0.15, 0.2) is 0 Å². The highest BCUT2D eigenvalue weighted by Crippen LogP contribution is 2.23. The van der Waals surface area contributed by atoms with Gasteiger partial charge >= 0.3 is 0 Å². The molecule has 0 amide bonds. The van der Waals surface area contributed by atoms with E-state index in [0.29, 0.717) is 0 Å². The molecule has 2 aromatic rings. The highest BCUT2D eigenvalue weighted by Gasteiger charge is 2.17. The molecule has 1 nitrogen and oxygen atoms in total. The highest BCUT2D eigenvalue weighted by atomic mass is 14.7. The predicted molar refractivity (Wildman–Crippen MR) is 75.8 cm³/mol. The molecule has 1 aliphatic rings. The van der Waals surface area contributed by atoms with Gasteiger partial charge in [-0.1, -0.05) is 43.0 Å². The van der Waals surface area contributed by atoms with Gasteiger partial charge in [-0.2, -0.15) is 0 Å². The van der Waals surface area contributed by atoms with Gasteiger partial charge in [-0.3, -0.25) is 0 Å². The Morgan fingerprint density at radius 3 is 2.17 bits per heavy atom. The molecular formula is C17H14N+. The molecule has 0 unspecified atom stereocenters. The van der Waals surface area contributed by atoms with Gasteiger partial charge in [-0.05, 0) is 23.3 Å². The molecule has 0 saturated carbocycles. The summed E-state index contributed by atoms with van der Waals surface area (Å²) in [6, 6.07) is 18.5. The van der Waals surface area contributed by atoms with Crippen LogP contribution >= 0.6 is 0 Å². The Hall–Kier alpha value is -2.41. The molecule has 0 aromatic heterocycles. The quantitative estimate of drug-likeness (QED) is 0.776. The van der Waals surface area contributed by atoms with E-state index in [1.165, 1.54) is 11.1 Å². The lowest BCUT2D eigenvalue weighted by Crippen LogP contribution is -2.66. The number of hydrogen-bond acceptors (Lipinski definition) is 0. The van der Waals surface area contributed by atoms with Crippen LogP contribution in [0.2, 0.25) is 0 Å². The SMILES string of the molecule is C=C1C=CC(=[NH+]c2ccccc2)c2ccccc21. The Bertz CT molecular complexity index is 648. The van der Waals surface area contributed by atoms with E-state index in [9.17, 15) is 0 Å². The second kappa shape index (κ2) is 4.46. The largest absolute Gasteiger partial charge is 0.211 e. The van der Waals surface area contributed by atoms with Crippen molar-refractivity contribution in [1.29, 1.82) is 0 Å². The van der Waals surface area contributed by atoms with Crippen LogP contribution in [-0.4, -0.2) is 5.71 Å². The van der Waals surface area contributed by atoms with Gasteiger partial charge in [-0.15, -0.1) is 0 Å². The van der Waals surface area contributed by atoms with Crippen molar-refractivity contribution in [2.75, 3.05) is 0 Å². The van der Waals surface area contributed by atoms with Crippen LogP contribution in [0.5, 0.6) is 0 Å². The minimum absolute atomic E-state index is 1.06. The van der Waals surface area contributed by atoms with E-state index in [2.05, 4.69) is 48.0 Å². The van der Waals surface area contributed by atoms with E-state index in [1.54, 1.807) is 0 Å². The molecule has 0 atom stereocenters. The number of fused-ring (bicyclic) bond motifs is 1. The topological polar surface area (TPSA) is 14.0 Å². The van der Waals surface area contributed by atoms with E-state index in [0.717, 1.165) is 17.0 Å². The van der Waals surface area contributed by atoms with Crippen molar-refractivity contribution in [2.24, 2.45) is 0 Å². The van der Waals surface area contributed by atoms with Gasteiger partial charge in [0, 0.05) is 18.2 Å². The Morgan fingerprint density at radius 2 is 1.39 bits per heavy atom. The monoisotopic (exact) mass is 232 g/mol. The molecule has 1 aliphatic carbocycles. The third kappa shape index (κ3) is 1.91. The van der Waals surface area contributed by atoms with Gasteiger partial charge in [0.2, 0.25) is 11.4 Å². The molecule has 1 heteroatoms. The molecule has 2 aromatic carbocycles. The molecule has 0 aliphatic heterocycles. The number of rotatable bonds is 1. The summed E-state index contributed by atoms with van der Waals surface area (Å²) in [4.78, 5) is 3.45. The van der Waals surface area contributed by atoms with Gasteiger partial charge in [-0.25, -0.2) is 4.99 Å². The molecule has 1 N–H and O–H groups in total. The fourth-order valence-corrected chi connectivity index (χ4v) is 2.15. The summed E-state index contributed by atoms with van der Waals surface area (Å²) in [6.45, 7) is 4.07. The summed E-state index contributed by atoms with van der Waals surface area (Å²) in [6.07, 6.45) is 4.13. The van der Waals surface area contributed by atoms with Gasteiger partial charge < -0.3 is 0 Å². The zero-order valence-corrected chi connectivity index (χ0v) is 10.1. The fourth-order valence-electron chi connectivity index (χ4n) is 2.15. The standard InChI is InChI=1S/C17H13N/c1-13-11-12-17(16-10-6-5-9-15(13)16)18-14-7-3-2-4-8-14/h2-12H,1H2/p+1. The Kier molecular flexibility index (Phi) is 2.66. The Balaban J connectivity index is 2.12. The molecule has 3 rings (SSSR count). The van der Waals surface area contributed by atoms with Crippen molar-refractivity contribution >= 4 is 17.0 Å². The van der Waals surface area contributed by atoms with Gasteiger partial charge in [0.05, 0.1) is 5.56 Å². The van der Waals surface area contributed by atoms with Crippen molar-refractivity contribution < 1.29 is 4.99 Å². The van der Waals surface area contributed by atoms with Crippen molar-refractivity contribution in [1.82, 2.24) is 0 Å². The average molecular weight is 232 g/mol. The first-order chi connectivity index (χ1) is 8.84. The summed E-state index contributed by atoms with van der Waals surface area (Å²) in [5, 5.41) is 0. The van der Waals surface area contributed by atoms with Crippen LogP contribution in [0.4, 0.5) is 5.69 Å². The van der Waals surface area contributed by atoms with Crippen LogP contribution in [0, 0.1) is 0 Å². The number of nitrogens with one attached hydrogen (secondary N) is 1. The van der Waals surface area contributed by atoms with Crippen molar-refractivity contribution in [3.63, 3.8) is 0 Å². The summed E-state index contributed by atoms with van der Waals surface area (Å²) in [5.41, 5.74) is 5.67. The van der Waals surface area contributed by atoms with Crippen LogP contribution in [0.15, 0.2) is 73.3 Å². The maximum absolute atomic E-state index is 4.07. The average Bonchev–Trinajstić information content (AvgIpc) is 2.44. The molecule has 86 valence electrons. The van der Waals surface area contributed by atoms with Crippen LogP contribution in [0.25, 0.3) is 5.57 Å². The minimum Gasteiger partial charge on any atom is -0.205 e. The van der Waals surface area contributed by atoms with Crippen molar-refractivity contribution in [3.05, 3.63) is 84.5 Å². The zero-order chi connectivity index (χ0) is 12.4. The maximum Gasteiger partial charge on any atom is 0.211 e. The third-order valence-corrected chi connectivity index (χ3v) is 3.07. The smallest absolute Gasteiger partial charge is 0.205 e. The normalized spacial score (nSPS) is 15.8. The van der Waals surface area contributed by atoms with Crippen molar-refractivity contribution in [2.45, 2.75) is 0 Å². The van der Waals surface area contributed by atoms with E-state index in [-0.39, 0.29) is 0 Å². The molecule has 0 fully saturated rings. The second-order valence-electron chi connectivity index (χ2n) is 4.31. The lowest BCUT2D eigenvalue weighted by atomic mass is 9.92. The number of allylic oxidation sites excluding steroid dienone is 3. The summed E-state index contributed by atoms with van der Waals surface area (Å²) >= 11 is 0. The predicted octanol–water partition coefficient (Wildman–Crippen LogP) is 2.47. The first-order valence-electron chi connectivity index (χ1n) is 6.00. The second-order valence-corrected chi connectivity index (χ2v) is 4.31. The molecule has 0 bridgehead atoms. The van der Waals surface area contributed by atoms with Crippen LogP contribution in [0.1, 0.15) is 11.1 Å². The lowest BCUT2D eigenvalue weighted by molar-refractivity contribution is -0.351. The molecular weight excluding hydrogens is 218 g/mol. The third-order valence-electron chi connectivity index (χ3n) is 3.07. The fraction of sp³-hybridized carbons (Fsp3) is 0. The van der Waals surface area contributed by atoms with Crippen LogP contribution < -0.4 is 4.99 Å². The summed E-state index contributed by atoms with van der Waals surface area (Å²) in [7, 11) is 0. The Morgan fingerprint density at radius 1 is 0.722 bits per heavy atom. The Labute approximate surface area is 107 Å². The van der Waals surface area contributed by atoms with Gasteiger partial charge in [0.1, 0.15) is 0 Å². The van der Waals surface area contributed by atoms with E-state index < -0.39 is 0 Å². The lowest BCUT2D eigenvalue weighted by Gasteiger charge is -2.10. The highest BCUT2D eigenvalue weighted by molar-refractivity contribution is 6.12. The maximum atomic E-state index is 4.07. The van der Waals surface area contributed by atoms with E-state index in [4.69, 9.17) is 0 Å². The molecule has 0 spiro atoms. The molecule has 0 radical (unpaired) electrons. The van der Waals surface area contributed by atoms with Gasteiger partial charge in [0.25, 0.3) is 0 Å². The van der Waals surface area contributed by atoms with Crippen molar-refractivity contribution in [3.8, 4) is 0 Å². The first kappa shape index (κ1) is 10.7. The summed E-state index contributed by atoms with van der Waals surface area (Å²) < 4.78 is 0.